The summed E-state index contributed by atoms with van der Waals surface area (Å²) in [5.41, 5.74) is 6.04. The van der Waals surface area contributed by atoms with Crippen molar-refractivity contribution in [1.29, 1.82) is 0 Å². The lowest BCUT2D eigenvalue weighted by atomic mass is 10.1. The summed E-state index contributed by atoms with van der Waals surface area (Å²) < 4.78 is 5.23. The second-order valence-corrected chi connectivity index (χ2v) is 5.79. The summed E-state index contributed by atoms with van der Waals surface area (Å²) >= 11 is 0. The number of nitrogens with one attached hydrogen (secondary N) is 2. The zero-order chi connectivity index (χ0) is 19.1. The van der Waals surface area contributed by atoms with E-state index in [2.05, 4.69) is 15.8 Å². The Labute approximate surface area is 151 Å². The lowest BCUT2D eigenvalue weighted by Gasteiger charge is -2.10. The van der Waals surface area contributed by atoms with Crippen molar-refractivity contribution in [3.8, 4) is 5.75 Å². The molecular weight excluding hydrogens is 334 g/mol. The molecule has 2 aromatic carbocycles. The number of hydrogen-bond donors (Lipinski definition) is 3. The van der Waals surface area contributed by atoms with Crippen LogP contribution in [0.5, 0.6) is 5.75 Å². The molecular formula is C19H21N3O4. The third-order valence-electron chi connectivity index (χ3n) is 3.69. The number of nitrogens with zero attached hydrogens (tertiary/aromatic N) is 1. The summed E-state index contributed by atoms with van der Waals surface area (Å²) in [5, 5.41) is 15.4. The first-order valence-electron chi connectivity index (χ1n) is 8.02. The number of ether oxygens (including phenoxy) is 1. The largest absolute Gasteiger partial charge is 0.479 e. The Morgan fingerprint density at radius 2 is 1.81 bits per heavy atom. The average molecular weight is 355 g/mol. The van der Waals surface area contributed by atoms with Crippen LogP contribution >= 0.6 is 0 Å². The van der Waals surface area contributed by atoms with Gasteiger partial charge in [-0.1, -0.05) is 6.07 Å². The maximum atomic E-state index is 11.8. The van der Waals surface area contributed by atoms with E-state index in [1.807, 2.05) is 32.0 Å². The molecule has 0 radical (unpaired) electrons. The number of carboxylic acids is 1. The number of aliphatic carboxylic acids is 1. The van der Waals surface area contributed by atoms with Gasteiger partial charge in [0.25, 0.3) is 0 Å². The molecule has 0 saturated carbocycles. The minimum absolute atomic E-state index is 0.442. The number of hydrogen-bond acceptors (Lipinski definition) is 4. The molecule has 1 atom stereocenters. The van der Waals surface area contributed by atoms with Gasteiger partial charge in [0.15, 0.2) is 6.10 Å². The quantitative estimate of drug-likeness (QED) is 0.547. The van der Waals surface area contributed by atoms with E-state index in [0.29, 0.717) is 11.4 Å². The highest BCUT2D eigenvalue weighted by molar-refractivity contribution is 5.90. The summed E-state index contributed by atoms with van der Waals surface area (Å²) in [4.78, 5) is 22.6. The fourth-order valence-corrected chi connectivity index (χ4v) is 2.03. The molecule has 0 spiro atoms. The lowest BCUT2D eigenvalue weighted by Crippen LogP contribution is -2.24. The van der Waals surface area contributed by atoms with E-state index < -0.39 is 18.1 Å². The predicted molar refractivity (Wildman–Crippen MR) is 99.8 cm³/mol. The van der Waals surface area contributed by atoms with Crippen molar-refractivity contribution >= 4 is 23.9 Å². The number of amides is 2. The van der Waals surface area contributed by atoms with Crippen LogP contribution in [0.1, 0.15) is 23.6 Å². The molecule has 0 aliphatic rings. The number of carboxylic acid groups (broad SMARTS) is 1. The van der Waals surface area contributed by atoms with Gasteiger partial charge >= 0.3 is 12.0 Å². The molecule has 136 valence electrons. The maximum absolute atomic E-state index is 11.8. The van der Waals surface area contributed by atoms with Crippen molar-refractivity contribution in [2.75, 3.05) is 5.32 Å². The smallest absolute Gasteiger partial charge is 0.344 e. The Kier molecular flexibility index (Phi) is 6.32. The number of urea groups is 1. The Balaban J connectivity index is 1.86. The van der Waals surface area contributed by atoms with Crippen LogP contribution in [-0.4, -0.2) is 29.4 Å². The third kappa shape index (κ3) is 5.62. The van der Waals surface area contributed by atoms with E-state index in [1.54, 1.807) is 24.3 Å². The van der Waals surface area contributed by atoms with Gasteiger partial charge in [-0.2, -0.15) is 5.10 Å². The van der Waals surface area contributed by atoms with E-state index in [9.17, 15) is 9.59 Å². The third-order valence-corrected chi connectivity index (χ3v) is 3.69. The van der Waals surface area contributed by atoms with Crippen molar-refractivity contribution in [3.05, 3.63) is 59.2 Å². The van der Waals surface area contributed by atoms with Crippen molar-refractivity contribution in [1.82, 2.24) is 5.43 Å². The topological polar surface area (TPSA) is 100 Å². The number of benzene rings is 2. The highest BCUT2D eigenvalue weighted by atomic mass is 16.5. The van der Waals surface area contributed by atoms with Crippen LogP contribution in [-0.2, 0) is 4.79 Å². The first-order valence-corrected chi connectivity index (χ1v) is 8.02. The molecule has 2 rings (SSSR count). The summed E-state index contributed by atoms with van der Waals surface area (Å²) in [7, 11) is 0. The van der Waals surface area contributed by atoms with Gasteiger partial charge in [0, 0.05) is 5.69 Å². The van der Waals surface area contributed by atoms with Crippen LogP contribution in [0.3, 0.4) is 0 Å². The standard InChI is InChI=1S/C19H21N3O4/c1-12-4-7-16(10-13(12)2)21-19(25)22-20-11-15-5-8-17(9-6-15)26-14(3)18(23)24/h4-11,14H,1-3H3,(H,23,24)(H2,21,22,25)/b20-11+/t14-/m1/s1. The van der Waals surface area contributed by atoms with Gasteiger partial charge in [0.1, 0.15) is 5.75 Å². The minimum Gasteiger partial charge on any atom is -0.479 e. The van der Waals surface area contributed by atoms with Crippen LogP contribution in [0.4, 0.5) is 10.5 Å². The Morgan fingerprint density at radius 1 is 1.12 bits per heavy atom. The van der Waals surface area contributed by atoms with Gasteiger partial charge in [-0.15, -0.1) is 0 Å². The molecule has 7 heteroatoms. The minimum atomic E-state index is -1.03. The summed E-state index contributed by atoms with van der Waals surface area (Å²) in [6.07, 6.45) is 0.551. The van der Waals surface area contributed by atoms with Crippen LogP contribution in [0.15, 0.2) is 47.6 Å². The number of hydrazone groups is 1. The van der Waals surface area contributed by atoms with Gasteiger partial charge < -0.3 is 15.2 Å². The van der Waals surface area contributed by atoms with Crippen molar-refractivity contribution in [2.45, 2.75) is 26.9 Å². The first-order chi connectivity index (χ1) is 12.3. The Bertz CT molecular complexity index is 816. The molecule has 26 heavy (non-hydrogen) atoms. The number of aryl methyl sites for hydroxylation is 2. The van der Waals surface area contributed by atoms with Crippen molar-refractivity contribution < 1.29 is 19.4 Å². The zero-order valence-electron chi connectivity index (χ0n) is 14.8. The number of carbonyl (C=O) groups is 2. The highest BCUT2D eigenvalue weighted by Gasteiger charge is 2.11. The maximum Gasteiger partial charge on any atom is 0.344 e. The summed E-state index contributed by atoms with van der Waals surface area (Å²) in [6.45, 7) is 5.43. The van der Waals surface area contributed by atoms with Gasteiger partial charge in [-0.3, -0.25) is 0 Å². The molecule has 0 aromatic heterocycles. The fourth-order valence-electron chi connectivity index (χ4n) is 2.03. The molecule has 0 bridgehead atoms. The Morgan fingerprint density at radius 3 is 2.42 bits per heavy atom. The van der Waals surface area contributed by atoms with Crippen LogP contribution in [0, 0.1) is 13.8 Å². The predicted octanol–water partition coefficient (Wildman–Crippen LogP) is 3.31. The number of carbonyl (C=O) groups excluding carboxylic acids is 1. The van der Waals surface area contributed by atoms with Gasteiger partial charge in [-0.25, -0.2) is 15.0 Å². The number of rotatable bonds is 6. The van der Waals surface area contributed by atoms with E-state index in [4.69, 9.17) is 9.84 Å². The normalized spacial score (nSPS) is 11.8. The van der Waals surface area contributed by atoms with Crippen molar-refractivity contribution in [3.63, 3.8) is 0 Å². The molecule has 0 aliphatic carbocycles. The van der Waals surface area contributed by atoms with E-state index in [1.165, 1.54) is 13.1 Å². The molecule has 0 saturated heterocycles. The van der Waals surface area contributed by atoms with Gasteiger partial charge in [0.05, 0.1) is 6.21 Å². The molecule has 2 amide bonds. The second-order valence-electron chi connectivity index (χ2n) is 5.79. The SMILES string of the molecule is Cc1ccc(NC(=O)N/N=C/c2ccc(O[C@H](C)C(=O)O)cc2)cc1C. The zero-order valence-corrected chi connectivity index (χ0v) is 14.8. The van der Waals surface area contributed by atoms with E-state index in [0.717, 1.165) is 16.7 Å². The monoisotopic (exact) mass is 355 g/mol. The summed E-state index contributed by atoms with van der Waals surface area (Å²) in [6, 6.07) is 11.9. The van der Waals surface area contributed by atoms with Crippen LogP contribution in [0.2, 0.25) is 0 Å². The number of anilines is 1. The van der Waals surface area contributed by atoms with E-state index in [-0.39, 0.29) is 0 Å². The highest BCUT2D eigenvalue weighted by Crippen LogP contribution is 2.14. The van der Waals surface area contributed by atoms with E-state index >= 15 is 0 Å². The Hall–Kier alpha value is -3.35. The summed E-state index contributed by atoms with van der Waals surface area (Å²) in [5.74, 6) is -0.591. The second kappa shape index (κ2) is 8.66. The molecule has 0 heterocycles. The van der Waals surface area contributed by atoms with Crippen LogP contribution in [0.25, 0.3) is 0 Å². The average Bonchev–Trinajstić information content (AvgIpc) is 2.59. The van der Waals surface area contributed by atoms with Gasteiger partial charge in [-0.05, 0) is 73.9 Å². The lowest BCUT2D eigenvalue weighted by molar-refractivity contribution is -0.144. The van der Waals surface area contributed by atoms with Crippen LogP contribution < -0.4 is 15.5 Å². The molecule has 0 aliphatic heterocycles. The fraction of sp³-hybridized carbons (Fsp3) is 0.211. The van der Waals surface area contributed by atoms with Gasteiger partial charge in [0.2, 0.25) is 0 Å². The first kappa shape index (κ1) is 19.0. The molecule has 0 unspecified atom stereocenters. The van der Waals surface area contributed by atoms with Crippen molar-refractivity contribution in [2.24, 2.45) is 5.10 Å². The molecule has 3 N–H and O–H groups in total. The molecule has 2 aromatic rings. The molecule has 7 nitrogen and oxygen atoms in total. The molecule has 0 fully saturated rings.